The molecule has 0 spiro atoms. The van der Waals surface area contributed by atoms with Crippen molar-refractivity contribution in [1.29, 1.82) is 0 Å². The van der Waals surface area contributed by atoms with Crippen LogP contribution in [0.25, 0.3) is 0 Å². The second kappa shape index (κ2) is 7.36. The first-order valence-electron chi connectivity index (χ1n) is 7.52. The lowest BCUT2D eigenvalue weighted by molar-refractivity contribution is 0.484. The van der Waals surface area contributed by atoms with E-state index in [1.807, 2.05) is 29.9 Å². The molecule has 1 aromatic carbocycles. The molecule has 0 amide bonds. The van der Waals surface area contributed by atoms with Crippen LogP contribution in [0.2, 0.25) is 0 Å². The Labute approximate surface area is 126 Å². The molecule has 1 unspecified atom stereocenters. The second-order valence-corrected chi connectivity index (χ2v) is 5.77. The van der Waals surface area contributed by atoms with Crippen molar-refractivity contribution in [2.24, 2.45) is 7.05 Å². The van der Waals surface area contributed by atoms with Crippen LogP contribution in [0.1, 0.15) is 37.4 Å². The maximum Gasteiger partial charge on any atom is 0.126 e. The lowest BCUT2D eigenvalue weighted by Crippen LogP contribution is -2.28. The van der Waals surface area contributed by atoms with E-state index < -0.39 is 0 Å². The van der Waals surface area contributed by atoms with Crippen molar-refractivity contribution in [2.75, 3.05) is 6.54 Å². The number of nitrogens with zero attached hydrogens (tertiary/aromatic N) is 2. The Morgan fingerprint density at radius 1 is 1.24 bits per heavy atom. The normalized spacial score (nSPS) is 12.8. The van der Waals surface area contributed by atoms with E-state index in [1.165, 1.54) is 5.69 Å². The van der Waals surface area contributed by atoms with Crippen molar-refractivity contribution in [2.45, 2.75) is 38.6 Å². The third-order valence-corrected chi connectivity index (χ3v) is 3.79. The van der Waals surface area contributed by atoms with E-state index >= 15 is 0 Å². The van der Waals surface area contributed by atoms with Gasteiger partial charge >= 0.3 is 0 Å². The van der Waals surface area contributed by atoms with Crippen molar-refractivity contribution in [3.8, 4) is 0 Å². The predicted octanol–water partition coefficient (Wildman–Crippen LogP) is 3.27. The van der Waals surface area contributed by atoms with Gasteiger partial charge in [-0.2, -0.15) is 5.10 Å². The van der Waals surface area contributed by atoms with Gasteiger partial charge in [0, 0.05) is 31.5 Å². The molecule has 2 aromatic rings. The third kappa shape index (κ3) is 4.39. The third-order valence-electron chi connectivity index (χ3n) is 3.79. The topological polar surface area (TPSA) is 29.9 Å². The van der Waals surface area contributed by atoms with Crippen molar-refractivity contribution >= 4 is 0 Å². The molecule has 0 saturated heterocycles. The monoisotopic (exact) mass is 289 g/mol. The molecule has 2 rings (SSSR count). The first-order chi connectivity index (χ1) is 10.1. The summed E-state index contributed by atoms with van der Waals surface area (Å²) in [6.07, 6.45) is 3.61. The van der Waals surface area contributed by atoms with E-state index in [0.29, 0.717) is 6.04 Å². The molecule has 0 bridgehead atoms. The molecule has 0 aliphatic rings. The van der Waals surface area contributed by atoms with Crippen LogP contribution in [0.4, 0.5) is 4.39 Å². The van der Waals surface area contributed by atoms with Gasteiger partial charge in [-0.15, -0.1) is 0 Å². The predicted molar refractivity (Wildman–Crippen MR) is 83.8 cm³/mol. The molecule has 0 radical (unpaired) electrons. The average Bonchev–Trinajstić information content (AvgIpc) is 2.85. The molecule has 1 heterocycles. The molecule has 0 fully saturated rings. The summed E-state index contributed by atoms with van der Waals surface area (Å²) in [7, 11) is 1.94. The smallest absolute Gasteiger partial charge is 0.126 e. The van der Waals surface area contributed by atoms with Crippen molar-refractivity contribution in [1.82, 2.24) is 15.1 Å². The summed E-state index contributed by atoms with van der Waals surface area (Å²) in [5, 5.41) is 7.61. The number of aryl methyl sites for hydroxylation is 2. The Balaban J connectivity index is 2.09. The number of hydrogen-bond acceptors (Lipinski definition) is 2. The van der Waals surface area contributed by atoms with Gasteiger partial charge < -0.3 is 5.32 Å². The summed E-state index contributed by atoms with van der Waals surface area (Å²) in [5.74, 6) is 0.0570. The number of hydrogen-bond donors (Lipinski definition) is 1. The van der Waals surface area contributed by atoms with E-state index in [2.05, 4.69) is 24.3 Å². The van der Waals surface area contributed by atoms with Crippen LogP contribution < -0.4 is 5.32 Å². The van der Waals surface area contributed by atoms with E-state index in [1.54, 1.807) is 18.3 Å². The first-order valence-corrected chi connectivity index (χ1v) is 7.52. The zero-order valence-corrected chi connectivity index (χ0v) is 13.0. The van der Waals surface area contributed by atoms with E-state index in [0.717, 1.165) is 24.9 Å². The zero-order valence-electron chi connectivity index (χ0n) is 13.0. The van der Waals surface area contributed by atoms with Crippen molar-refractivity contribution in [3.63, 3.8) is 0 Å². The highest BCUT2D eigenvalue weighted by molar-refractivity contribution is 5.22. The number of aromatic nitrogens is 2. The SMILES string of the molecule is CC(C)NCC(CCc1ccnn1C)c1ccccc1F. The number of halogens is 1. The molecular weight excluding hydrogens is 265 g/mol. The quantitative estimate of drug-likeness (QED) is 0.848. The van der Waals surface area contributed by atoms with Crippen LogP contribution in [0.5, 0.6) is 0 Å². The summed E-state index contributed by atoms with van der Waals surface area (Å²) >= 11 is 0. The highest BCUT2D eigenvalue weighted by Gasteiger charge is 2.16. The molecule has 0 saturated carbocycles. The van der Waals surface area contributed by atoms with Crippen LogP contribution >= 0.6 is 0 Å². The zero-order chi connectivity index (χ0) is 15.2. The van der Waals surface area contributed by atoms with Crippen LogP contribution in [-0.2, 0) is 13.5 Å². The Bertz CT molecular complexity index is 563. The number of nitrogens with one attached hydrogen (secondary N) is 1. The Kier molecular flexibility index (Phi) is 5.51. The van der Waals surface area contributed by atoms with E-state index in [-0.39, 0.29) is 11.7 Å². The van der Waals surface area contributed by atoms with Gasteiger partial charge in [0.1, 0.15) is 5.82 Å². The Morgan fingerprint density at radius 2 is 2.00 bits per heavy atom. The fourth-order valence-corrected chi connectivity index (χ4v) is 2.52. The Hall–Kier alpha value is -1.68. The lowest BCUT2D eigenvalue weighted by Gasteiger charge is -2.20. The van der Waals surface area contributed by atoms with Gasteiger partial charge in [-0.25, -0.2) is 4.39 Å². The average molecular weight is 289 g/mol. The van der Waals surface area contributed by atoms with Crippen LogP contribution in [0.3, 0.4) is 0 Å². The molecule has 1 aromatic heterocycles. The molecule has 114 valence electrons. The summed E-state index contributed by atoms with van der Waals surface area (Å²) in [5.41, 5.74) is 1.98. The standard InChI is InChI=1S/C17H24FN3/c1-13(2)19-12-14(16-6-4-5-7-17(16)18)8-9-15-10-11-20-21(15)3/h4-7,10-11,13-14,19H,8-9,12H2,1-3H3. The van der Waals surface area contributed by atoms with Crippen LogP contribution in [-0.4, -0.2) is 22.4 Å². The summed E-state index contributed by atoms with van der Waals surface area (Å²) < 4.78 is 15.9. The van der Waals surface area contributed by atoms with E-state index in [4.69, 9.17) is 0 Å². The van der Waals surface area contributed by atoms with Gasteiger partial charge in [0.05, 0.1) is 0 Å². The molecule has 0 aliphatic carbocycles. The fraction of sp³-hybridized carbons (Fsp3) is 0.471. The second-order valence-electron chi connectivity index (χ2n) is 5.77. The molecule has 4 heteroatoms. The van der Waals surface area contributed by atoms with Gasteiger partial charge in [0.15, 0.2) is 0 Å². The minimum Gasteiger partial charge on any atom is -0.314 e. The summed E-state index contributed by atoms with van der Waals surface area (Å²) in [4.78, 5) is 0. The maximum absolute atomic E-state index is 14.1. The highest BCUT2D eigenvalue weighted by atomic mass is 19.1. The van der Waals surface area contributed by atoms with Gasteiger partial charge in [0.2, 0.25) is 0 Å². The van der Waals surface area contributed by atoms with Gasteiger partial charge in [-0.3, -0.25) is 4.68 Å². The maximum atomic E-state index is 14.1. The largest absolute Gasteiger partial charge is 0.314 e. The first kappa shape index (κ1) is 15.7. The highest BCUT2D eigenvalue weighted by Crippen LogP contribution is 2.24. The van der Waals surface area contributed by atoms with Crippen molar-refractivity contribution < 1.29 is 4.39 Å². The summed E-state index contributed by atoms with van der Waals surface area (Å²) in [6.45, 7) is 5.01. The fourth-order valence-electron chi connectivity index (χ4n) is 2.52. The summed E-state index contributed by atoms with van der Waals surface area (Å²) in [6, 6.07) is 9.51. The minimum atomic E-state index is -0.113. The minimum absolute atomic E-state index is 0.113. The molecule has 3 nitrogen and oxygen atoms in total. The molecule has 1 atom stereocenters. The Morgan fingerprint density at radius 3 is 2.62 bits per heavy atom. The van der Waals surface area contributed by atoms with Gasteiger partial charge in [-0.1, -0.05) is 32.0 Å². The number of rotatable bonds is 7. The molecule has 21 heavy (non-hydrogen) atoms. The van der Waals surface area contributed by atoms with Crippen LogP contribution in [0.15, 0.2) is 36.5 Å². The molecule has 1 N–H and O–H groups in total. The van der Waals surface area contributed by atoms with Crippen LogP contribution in [0, 0.1) is 5.82 Å². The van der Waals surface area contributed by atoms with Gasteiger partial charge in [-0.05, 0) is 36.5 Å². The number of benzene rings is 1. The lowest BCUT2D eigenvalue weighted by atomic mass is 9.92. The molecular formula is C17H24FN3. The van der Waals surface area contributed by atoms with Gasteiger partial charge in [0.25, 0.3) is 0 Å². The van der Waals surface area contributed by atoms with Crippen molar-refractivity contribution in [3.05, 3.63) is 53.6 Å². The van der Waals surface area contributed by atoms with E-state index in [9.17, 15) is 4.39 Å². The molecule has 0 aliphatic heterocycles.